The second kappa shape index (κ2) is 11.8. The number of carboxylic acid groups (broad SMARTS) is 1. The van der Waals surface area contributed by atoms with Gasteiger partial charge in [-0.3, -0.25) is 9.59 Å². The molecule has 1 unspecified atom stereocenters. The maximum atomic E-state index is 12.0. The molecule has 0 fully saturated rings. The molecule has 0 aromatic heterocycles. The Morgan fingerprint density at radius 3 is 1.71 bits per heavy atom. The van der Waals surface area contributed by atoms with E-state index in [2.05, 4.69) is 27.7 Å². The molecule has 0 saturated heterocycles. The van der Waals surface area contributed by atoms with Gasteiger partial charge in [0.2, 0.25) is 0 Å². The molecule has 0 amide bonds. The lowest BCUT2D eigenvalue weighted by Crippen LogP contribution is -2.23. The van der Waals surface area contributed by atoms with Gasteiger partial charge < -0.3 is 5.11 Å². The smallest absolute Gasteiger partial charge is 0.314 e. The predicted octanol–water partition coefficient (Wildman–Crippen LogP) is 5.08. The summed E-state index contributed by atoms with van der Waals surface area (Å²) in [4.78, 5) is 23.3. The van der Waals surface area contributed by atoms with Crippen molar-refractivity contribution >= 4 is 11.8 Å². The molecule has 0 aromatic rings. The second-order valence-corrected chi connectivity index (χ2v) is 7.03. The first-order valence-electron chi connectivity index (χ1n) is 8.60. The average molecular weight is 298 g/mol. The van der Waals surface area contributed by atoms with Gasteiger partial charge >= 0.3 is 5.97 Å². The fourth-order valence-corrected chi connectivity index (χ4v) is 2.53. The van der Waals surface area contributed by atoms with Gasteiger partial charge in [0.05, 0.1) is 0 Å². The monoisotopic (exact) mass is 298 g/mol. The highest BCUT2D eigenvalue weighted by Gasteiger charge is 2.24. The molecular formula is C18H34O3. The molecule has 0 rings (SSSR count). The van der Waals surface area contributed by atoms with Crippen LogP contribution in [0.4, 0.5) is 0 Å². The van der Waals surface area contributed by atoms with E-state index in [1.807, 2.05) is 0 Å². The summed E-state index contributed by atoms with van der Waals surface area (Å²) in [6.07, 6.45) is 8.09. The Kier molecular flexibility index (Phi) is 11.3. The van der Waals surface area contributed by atoms with E-state index in [0.29, 0.717) is 24.7 Å². The van der Waals surface area contributed by atoms with Crippen LogP contribution in [-0.4, -0.2) is 16.9 Å². The number of carbonyl (C=O) groups is 2. The van der Waals surface area contributed by atoms with Crippen molar-refractivity contribution in [2.75, 3.05) is 0 Å². The highest BCUT2D eigenvalue weighted by molar-refractivity contribution is 5.98. The van der Waals surface area contributed by atoms with Crippen molar-refractivity contribution in [1.29, 1.82) is 0 Å². The van der Waals surface area contributed by atoms with E-state index in [-0.39, 0.29) is 5.78 Å². The van der Waals surface area contributed by atoms with Crippen molar-refractivity contribution in [1.82, 2.24) is 0 Å². The number of Topliss-reactive ketones (excluding diaryl/α,β-unsaturated/α-hetero) is 1. The zero-order valence-electron chi connectivity index (χ0n) is 14.4. The van der Waals surface area contributed by atoms with Crippen molar-refractivity contribution in [3.63, 3.8) is 0 Å². The maximum absolute atomic E-state index is 12.0. The van der Waals surface area contributed by atoms with Crippen molar-refractivity contribution < 1.29 is 14.7 Å². The fourth-order valence-electron chi connectivity index (χ4n) is 2.53. The number of unbranched alkanes of at least 4 members (excludes halogenated alkanes) is 3. The minimum atomic E-state index is -0.938. The van der Waals surface area contributed by atoms with Crippen LogP contribution in [0, 0.1) is 17.8 Å². The van der Waals surface area contributed by atoms with Gasteiger partial charge in [-0.05, 0) is 24.7 Å². The highest BCUT2D eigenvalue weighted by Crippen LogP contribution is 2.17. The molecule has 0 bridgehead atoms. The van der Waals surface area contributed by atoms with Gasteiger partial charge in [0.25, 0.3) is 0 Å². The quantitative estimate of drug-likeness (QED) is 0.381. The van der Waals surface area contributed by atoms with E-state index in [1.54, 1.807) is 0 Å². The lowest BCUT2D eigenvalue weighted by atomic mass is 9.92. The normalized spacial score (nSPS) is 12.9. The van der Waals surface area contributed by atoms with Gasteiger partial charge in [-0.25, -0.2) is 0 Å². The summed E-state index contributed by atoms with van der Waals surface area (Å²) < 4.78 is 0. The van der Waals surface area contributed by atoms with Gasteiger partial charge in [-0.2, -0.15) is 0 Å². The van der Waals surface area contributed by atoms with E-state index in [1.165, 1.54) is 6.42 Å². The molecule has 21 heavy (non-hydrogen) atoms. The van der Waals surface area contributed by atoms with E-state index < -0.39 is 11.9 Å². The Hall–Kier alpha value is -0.860. The third-order valence-corrected chi connectivity index (χ3v) is 3.92. The summed E-state index contributed by atoms with van der Waals surface area (Å²) in [6.45, 7) is 8.72. The highest BCUT2D eigenvalue weighted by atomic mass is 16.4. The molecule has 1 atom stereocenters. The minimum absolute atomic E-state index is 0.0726. The van der Waals surface area contributed by atoms with Crippen LogP contribution in [0.3, 0.4) is 0 Å². The Labute approximate surface area is 130 Å². The summed E-state index contributed by atoms with van der Waals surface area (Å²) in [5, 5.41) is 9.21. The Morgan fingerprint density at radius 1 is 0.762 bits per heavy atom. The van der Waals surface area contributed by atoms with Gasteiger partial charge in [0.1, 0.15) is 11.7 Å². The second-order valence-electron chi connectivity index (χ2n) is 7.03. The number of carboxylic acids is 1. The van der Waals surface area contributed by atoms with Crippen LogP contribution in [0.1, 0.15) is 85.5 Å². The molecule has 0 aliphatic rings. The van der Waals surface area contributed by atoms with Crippen LogP contribution in [0.15, 0.2) is 0 Å². The zero-order valence-corrected chi connectivity index (χ0v) is 14.4. The summed E-state index contributed by atoms with van der Waals surface area (Å²) in [7, 11) is 0. The Balaban J connectivity index is 3.93. The van der Waals surface area contributed by atoms with Gasteiger partial charge in [-0.15, -0.1) is 0 Å². The number of ketones is 1. The van der Waals surface area contributed by atoms with Crippen LogP contribution >= 0.6 is 0 Å². The standard InChI is InChI=1S/C18H34O3/c1-14(2)10-6-5-7-13-17(19)16(18(20)21)12-9-8-11-15(3)4/h14-16H,5-13H2,1-4H3,(H,20,21). The first-order chi connectivity index (χ1) is 9.84. The summed E-state index contributed by atoms with van der Waals surface area (Å²) in [5.74, 6) is -0.441. The molecule has 0 aliphatic heterocycles. The van der Waals surface area contributed by atoms with Crippen molar-refractivity contribution in [2.24, 2.45) is 17.8 Å². The molecular weight excluding hydrogens is 264 g/mol. The third-order valence-electron chi connectivity index (χ3n) is 3.92. The van der Waals surface area contributed by atoms with E-state index in [4.69, 9.17) is 0 Å². The number of hydrogen-bond acceptors (Lipinski definition) is 2. The largest absolute Gasteiger partial charge is 0.481 e. The lowest BCUT2D eigenvalue weighted by Gasteiger charge is -2.12. The molecule has 1 N–H and O–H groups in total. The van der Waals surface area contributed by atoms with Crippen molar-refractivity contribution in [3.05, 3.63) is 0 Å². The SMILES string of the molecule is CC(C)CCCCCC(=O)C(CCCCC(C)C)C(=O)O. The third kappa shape index (κ3) is 11.5. The van der Waals surface area contributed by atoms with Crippen LogP contribution in [0.2, 0.25) is 0 Å². The van der Waals surface area contributed by atoms with Gasteiger partial charge in [-0.1, -0.05) is 66.2 Å². The molecule has 3 nitrogen and oxygen atoms in total. The topological polar surface area (TPSA) is 54.4 Å². The molecule has 3 heteroatoms. The van der Waals surface area contributed by atoms with Crippen LogP contribution in [0.25, 0.3) is 0 Å². The number of carbonyl (C=O) groups excluding carboxylic acids is 1. The van der Waals surface area contributed by atoms with Crippen LogP contribution in [-0.2, 0) is 9.59 Å². The van der Waals surface area contributed by atoms with Gasteiger partial charge in [0.15, 0.2) is 0 Å². The summed E-state index contributed by atoms with van der Waals surface area (Å²) in [6, 6.07) is 0. The van der Waals surface area contributed by atoms with E-state index in [0.717, 1.165) is 38.5 Å². The lowest BCUT2D eigenvalue weighted by molar-refractivity contribution is -0.146. The predicted molar refractivity (Wildman–Crippen MR) is 87.4 cm³/mol. The summed E-state index contributed by atoms with van der Waals surface area (Å²) in [5.41, 5.74) is 0. The molecule has 0 radical (unpaired) electrons. The van der Waals surface area contributed by atoms with Crippen LogP contribution in [0.5, 0.6) is 0 Å². The number of aliphatic carboxylic acids is 1. The van der Waals surface area contributed by atoms with Crippen molar-refractivity contribution in [3.8, 4) is 0 Å². The maximum Gasteiger partial charge on any atom is 0.314 e. The Bertz CT molecular complexity index is 295. The average Bonchev–Trinajstić information content (AvgIpc) is 2.36. The zero-order chi connectivity index (χ0) is 16.3. The first kappa shape index (κ1) is 20.1. The summed E-state index contributed by atoms with van der Waals surface area (Å²) >= 11 is 0. The minimum Gasteiger partial charge on any atom is -0.481 e. The molecule has 0 spiro atoms. The van der Waals surface area contributed by atoms with Gasteiger partial charge in [0, 0.05) is 6.42 Å². The van der Waals surface area contributed by atoms with E-state index in [9.17, 15) is 14.7 Å². The van der Waals surface area contributed by atoms with E-state index >= 15 is 0 Å². The number of rotatable bonds is 13. The first-order valence-corrected chi connectivity index (χ1v) is 8.60. The van der Waals surface area contributed by atoms with Crippen molar-refractivity contribution in [2.45, 2.75) is 85.5 Å². The molecule has 0 aromatic carbocycles. The number of hydrogen-bond donors (Lipinski definition) is 1. The molecule has 0 heterocycles. The van der Waals surface area contributed by atoms with Crippen LogP contribution < -0.4 is 0 Å². The fraction of sp³-hybridized carbons (Fsp3) is 0.889. The Morgan fingerprint density at radius 2 is 1.24 bits per heavy atom. The molecule has 0 saturated carbocycles. The molecule has 124 valence electrons. The molecule has 0 aliphatic carbocycles.